The number of methoxy groups -OCH3 is 1. The lowest BCUT2D eigenvalue weighted by Gasteiger charge is -2.37. The molecule has 1 saturated carbocycles. The number of amides is 1. The Labute approximate surface area is 185 Å². The third-order valence-corrected chi connectivity index (χ3v) is 6.58. The molecule has 0 atom stereocenters. The van der Waals surface area contributed by atoms with E-state index in [0.29, 0.717) is 6.54 Å². The van der Waals surface area contributed by atoms with Crippen molar-refractivity contribution in [3.63, 3.8) is 0 Å². The molecule has 1 amide bonds. The van der Waals surface area contributed by atoms with E-state index >= 15 is 0 Å². The molecule has 1 aromatic carbocycles. The molecule has 1 saturated heterocycles. The number of piperazine rings is 1. The van der Waals surface area contributed by atoms with Crippen LogP contribution in [-0.4, -0.2) is 62.2 Å². The van der Waals surface area contributed by atoms with E-state index in [-0.39, 0.29) is 11.8 Å². The van der Waals surface area contributed by atoms with Gasteiger partial charge in [-0.2, -0.15) is 0 Å². The highest BCUT2D eigenvalue weighted by atomic mass is 16.4. The van der Waals surface area contributed by atoms with Crippen molar-refractivity contribution in [2.75, 3.05) is 56.2 Å². The van der Waals surface area contributed by atoms with Gasteiger partial charge in [0.1, 0.15) is 11.6 Å². The number of hydrogen-bond donors (Lipinski definition) is 0. The Morgan fingerprint density at radius 3 is 2.48 bits per heavy atom. The fraction of sp³-hybridized carbons (Fsp3) is 0.520. The quantitative estimate of drug-likeness (QED) is 0.681. The van der Waals surface area contributed by atoms with Gasteiger partial charge in [-0.15, -0.1) is 0 Å². The van der Waals surface area contributed by atoms with Crippen molar-refractivity contribution in [2.24, 2.45) is 5.92 Å². The van der Waals surface area contributed by atoms with Crippen LogP contribution in [-0.2, 0) is 4.79 Å². The first-order chi connectivity index (χ1) is 15.3. The number of carbonyl (C=O) groups excluding carboxylic acids is 1. The summed E-state index contributed by atoms with van der Waals surface area (Å²) in [4.78, 5) is 24.6. The van der Waals surface area contributed by atoms with Crippen molar-refractivity contribution in [2.45, 2.75) is 32.1 Å². The van der Waals surface area contributed by atoms with Crippen LogP contribution in [0.1, 0.15) is 32.1 Å². The molecule has 2 heterocycles. The third-order valence-electron chi connectivity index (χ3n) is 6.58. The Morgan fingerprint density at radius 1 is 1.03 bits per heavy atom. The standard InChI is InChI=1S/C25H34N4O2/c1-31-23-12-6-5-11-22(23)28-18-15-27(16-19-28)17-20-29(24-13-7-8-14-26-24)25(30)21-9-3-2-4-10-21/h5-8,11-14,21H,2-4,9-10,15-20H2,1H3/i1-1,25-1. The van der Waals surface area contributed by atoms with Crippen molar-refractivity contribution in [3.8, 4) is 5.75 Å². The van der Waals surface area contributed by atoms with Crippen LogP contribution in [0.5, 0.6) is 5.75 Å². The lowest BCUT2D eigenvalue weighted by Crippen LogP contribution is -2.50. The van der Waals surface area contributed by atoms with E-state index in [2.05, 4.69) is 26.9 Å². The molecule has 1 aliphatic carbocycles. The summed E-state index contributed by atoms with van der Waals surface area (Å²) in [5.41, 5.74) is 1.16. The fourth-order valence-corrected chi connectivity index (χ4v) is 4.77. The molecule has 0 spiro atoms. The van der Waals surface area contributed by atoms with Gasteiger partial charge in [0.05, 0.1) is 12.8 Å². The monoisotopic (exact) mass is 420 g/mol. The molecule has 6 heteroatoms. The third kappa shape index (κ3) is 5.37. The second-order valence-corrected chi connectivity index (χ2v) is 8.51. The number of anilines is 2. The van der Waals surface area contributed by atoms with Crippen molar-refractivity contribution in [3.05, 3.63) is 48.7 Å². The summed E-state index contributed by atoms with van der Waals surface area (Å²) in [6, 6.07) is 14.0. The van der Waals surface area contributed by atoms with Crippen molar-refractivity contribution >= 4 is 17.4 Å². The summed E-state index contributed by atoms with van der Waals surface area (Å²) < 4.78 is 5.53. The smallest absolute Gasteiger partial charge is 0.231 e. The molecule has 0 unspecified atom stereocenters. The first-order valence-corrected chi connectivity index (χ1v) is 11.6. The zero-order chi connectivity index (χ0) is 21.5. The van der Waals surface area contributed by atoms with Crippen LogP contribution >= 0.6 is 0 Å². The molecule has 0 N–H and O–H groups in total. The average Bonchev–Trinajstić information content (AvgIpc) is 2.85. The van der Waals surface area contributed by atoms with E-state index in [0.717, 1.165) is 75.7 Å². The van der Waals surface area contributed by atoms with Gasteiger partial charge in [0.25, 0.3) is 0 Å². The molecule has 1 aliphatic heterocycles. The van der Waals surface area contributed by atoms with Gasteiger partial charge in [-0.1, -0.05) is 37.5 Å². The van der Waals surface area contributed by atoms with E-state index in [4.69, 9.17) is 4.74 Å². The number of rotatable bonds is 7. The van der Waals surface area contributed by atoms with Crippen LogP contribution in [0.2, 0.25) is 0 Å². The Balaban J connectivity index is 1.36. The van der Waals surface area contributed by atoms with Gasteiger partial charge in [0.2, 0.25) is 5.91 Å². The van der Waals surface area contributed by atoms with Gasteiger partial charge in [0.15, 0.2) is 0 Å². The van der Waals surface area contributed by atoms with Crippen LogP contribution < -0.4 is 14.5 Å². The number of pyridine rings is 1. The molecular weight excluding hydrogens is 386 g/mol. The lowest BCUT2D eigenvalue weighted by atomic mass is 9.70. The molecule has 2 aromatic rings. The Kier molecular flexibility index (Phi) is 7.41. The minimum absolute atomic E-state index is 0.151. The van der Waals surface area contributed by atoms with E-state index < -0.39 is 0 Å². The average molecular weight is 421 g/mol. The van der Waals surface area contributed by atoms with Crippen molar-refractivity contribution in [1.82, 2.24) is 9.88 Å². The molecule has 166 valence electrons. The molecule has 0 radical (unpaired) electrons. The van der Waals surface area contributed by atoms with E-state index in [9.17, 15) is 4.79 Å². The van der Waals surface area contributed by atoms with E-state index in [1.54, 1.807) is 13.3 Å². The van der Waals surface area contributed by atoms with Gasteiger partial charge in [-0.25, -0.2) is 4.98 Å². The summed E-state index contributed by atoms with van der Waals surface area (Å²) in [6.45, 7) is 5.44. The number of ether oxygens (including phenoxy) is 1. The molecule has 2 fully saturated rings. The van der Waals surface area contributed by atoms with Gasteiger partial charge in [-0.3, -0.25) is 14.6 Å². The second kappa shape index (κ2) is 10.6. The van der Waals surface area contributed by atoms with Crippen LogP contribution in [0.3, 0.4) is 0 Å². The van der Waals surface area contributed by atoms with Crippen LogP contribution in [0.15, 0.2) is 48.7 Å². The van der Waals surface area contributed by atoms with E-state index in [1.165, 1.54) is 6.42 Å². The minimum atomic E-state index is 0.151. The zero-order valence-corrected chi connectivity index (χ0v) is 18.6. The number of hydrogen-bond acceptors (Lipinski definition) is 5. The van der Waals surface area contributed by atoms with E-state index in [1.807, 2.05) is 35.2 Å². The Hall–Kier alpha value is -2.60. The highest BCUT2D eigenvalue weighted by Gasteiger charge is 2.28. The van der Waals surface area contributed by atoms with Gasteiger partial charge in [-0.05, 0) is 37.1 Å². The van der Waals surface area contributed by atoms with Gasteiger partial charge < -0.3 is 9.64 Å². The number of benzene rings is 1. The molecule has 6 nitrogen and oxygen atoms in total. The Morgan fingerprint density at radius 2 is 1.77 bits per heavy atom. The van der Waals surface area contributed by atoms with Crippen LogP contribution in [0.4, 0.5) is 11.5 Å². The molecule has 4 rings (SSSR count). The number of carbonyl (C=O) groups is 1. The normalized spacial score (nSPS) is 18.0. The highest BCUT2D eigenvalue weighted by Crippen LogP contribution is 2.29. The SMILES string of the molecule is [11CH3]Oc1ccccc1N1CCN(CCN(c2ccccn2)[11C](=O)C2CCCCC2)CC1. The maximum absolute atomic E-state index is 13.3. The highest BCUT2D eigenvalue weighted by molar-refractivity contribution is 5.94. The predicted molar refractivity (Wildman–Crippen MR) is 125 cm³/mol. The largest absolute Gasteiger partial charge is 0.495 e. The fourth-order valence-electron chi connectivity index (χ4n) is 4.77. The first-order valence-electron chi connectivity index (χ1n) is 11.6. The minimum Gasteiger partial charge on any atom is -0.495 e. The summed E-state index contributed by atoms with van der Waals surface area (Å²) in [6.07, 6.45) is 7.39. The second-order valence-electron chi connectivity index (χ2n) is 8.51. The molecule has 1 aromatic heterocycles. The number of aromatic nitrogens is 1. The van der Waals surface area contributed by atoms with Crippen molar-refractivity contribution < 1.29 is 9.53 Å². The maximum Gasteiger partial charge on any atom is 0.231 e. The molecule has 0 bridgehead atoms. The van der Waals surface area contributed by atoms with Crippen LogP contribution in [0.25, 0.3) is 0 Å². The summed E-state index contributed by atoms with van der Waals surface area (Å²) in [5.74, 6) is 2.12. The summed E-state index contributed by atoms with van der Waals surface area (Å²) in [5, 5.41) is 0. The summed E-state index contributed by atoms with van der Waals surface area (Å²) in [7, 11) is 1.73. The lowest BCUT2D eigenvalue weighted by molar-refractivity contribution is -0.123. The van der Waals surface area contributed by atoms with Crippen molar-refractivity contribution in [1.29, 1.82) is 0 Å². The first kappa shape index (κ1) is 21.6. The zero-order valence-electron chi connectivity index (χ0n) is 18.6. The van der Waals surface area contributed by atoms with Gasteiger partial charge in [0, 0.05) is 51.4 Å². The molecule has 2 aliphatic rings. The molecule has 31 heavy (non-hydrogen) atoms. The number of para-hydroxylation sites is 2. The summed E-state index contributed by atoms with van der Waals surface area (Å²) >= 11 is 0. The topological polar surface area (TPSA) is 48.9 Å². The van der Waals surface area contributed by atoms with Gasteiger partial charge >= 0.3 is 0 Å². The number of nitrogens with zero attached hydrogens (tertiary/aromatic N) is 4. The maximum atomic E-state index is 13.3. The predicted octanol–water partition coefficient (Wildman–Crippen LogP) is 3.83. The van der Waals surface area contributed by atoms with Crippen LogP contribution in [0, 0.1) is 5.92 Å². The Bertz CT molecular complexity index is 830. The molecular formula is C25H34N4O2.